The van der Waals surface area contributed by atoms with Crippen LogP contribution in [0.4, 0.5) is 0 Å². The molecule has 4 heteroatoms. The van der Waals surface area contributed by atoms with Crippen molar-refractivity contribution in [2.24, 2.45) is 5.73 Å². The molecule has 0 aliphatic heterocycles. The predicted molar refractivity (Wildman–Crippen MR) is 70.4 cm³/mol. The molecule has 18 heavy (non-hydrogen) atoms. The van der Waals surface area contributed by atoms with Gasteiger partial charge in [-0.3, -0.25) is 4.79 Å². The van der Waals surface area contributed by atoms with Crippen molar-refractivity contribution >= 4 is 5.97 Å². The van der Waals surface area contributed by atoms with Gasteiger partial charge in [-0.1, -0.05) is 25.1 Å². The van der Waals surface area contributed by atoms with Crippen LogP contribution in [0.5, 0.6) is 5.75 Å². The Kier molecular flexibility index (Phi) is 6.22. The number of hydrogen-bond acceptors (Lipinski definition) is 4. The summed E-state index contributed by atoms with van der Waals surface area (Å²) in [5, 5.41) is 0. The lowest BCUT2D eigenvalue weighted by Gasteiger charge is -2.15. The van der Waals surface area contributed by atoms with E-state index in [9.17, 15) is 4.79 Å². The molecular weight excluding hydrogens is 230 g/mol. The molecule has 0 heterocycles. The fourth-order valence-electron chi connectivity index (χ4n) is 1.64. The SMILES string of the molecule is CCC(N)c1ccccc1OCCCC(=O)OC. The highest BCUT2D eigenvalue weighted by Crippen LogP contribution is 2.25. The van der Waals surface area contributed by atoms with E-state index in [-0.39, 0.29) is 12.0 Å². The average molecular weight is 251 g/mol. The molecule has 2 N–H and O–H groups in total. The van der Waals surface area contributed by atoms with Crippen LogP contribution in [0.1, 0.15) is 37.8 Å². The van der Waals surface area contributed by atoms with Crippen LogP contribution in [0.25, 0.3) is 0 Å². The molecule has 100 valence electrons. The van der Waals surface area contributed by atoms with Gasteiger partial charge >= 0.3 is 5.97 Å². The molecule has 1 atom stereocenters. The molecule has 1 aromatic rings. The molecule has 0 radical (unpaired) electrons. The van der Waals surface area contributed by atoms with Gasteiger partial charge < -0.3 is 15.2 Å². The van der Waals surface area contributed by atoms with Crippen LogP contribution in [-0.4, -0.2) is 19.7 Å². The van der Waals surface area contributed by atoms with E-state index in [1.165, 1.54) is 7.11 Å². The molecule has 1 rings (SSSR count). The van der Waals surface area contributed by atoms with E-state index >= 15 is 0 Å². The predicted octanol–water partition coefficient (Wildman–Crippen LogP) is 2.43. The second-order valence-electron chi connectivity index (χ2n) is 4.08. The van der Waals surface area contributed by atoms with E-state index in [4.69, 9.17) is 10.5 Å². The summed E-state index contributed by atoms with van der Waals surface area (Å²) >= 11 is 0. The quantitative estimate of drug-likeness (QED) is 0.597. The summed E-state index contributed by atoms with van der Waals surface area (Å²) in [5.74, 6) is 0.592. The zero-order valence-electron chi connectivity index (χ0n) is 11.0. The summed E-state index contributed by atoms with van der Waals surface area (Å²) in [6.07, 6.45) is 1.88. The fraction of sp³-hybridized carbons (Fsp3) is 0.500. The Morgan fingerprint density at radius 2 is 2.11 bits per heavy atom. The lowest BCUT2D eigenvalue weighted by molar-refractivity contribution is -0.140. The molecule has 0 amide bonds. The Labute approximate surface area is 108 Å². The molecule has 0 aromatic heterocycles. The van der Waals surface area contributed by atoms with Crippen LogP contribution in [-0.2, 0) is 9.53 Å². The van der Waals surface area contributed by atoms with E-state index in [0.29, 0.717) is 19.4 Å². The maximum atomic E-state index is 10.9. The monoisotopic (exact) mass is 251 g/mol. The molecule has 0 saturated carbocycles. The molecule has 0 aliphatic carbocycles. The first-order valence-corrected chi connectivity index (χ1v) is 6.23. The highest BCUT2D eigenvalue weighted by atomic mass is 16.5. The molecule has 0 spiro atoms. The molecule has 1 aromatic carbocycles. The van der Waals surface area contributed by atoms with E-state index in [1.807, 2.05) is 31.2 Å². The van der Waals surface area contributed by atoms with Gasteiger partial charge in [-0.15, -0.1) is 0 Å². The average Bonchev–Trinajstić information content (AvgIpc) is 2.42. The Balaban J connectivity index is 2.49. The molecule has 0 saturated heterocycles. The van der Waals surface area contributed by atoms with Crippen LogP contribution in [0.3, 0.4) is 0 Å². The Morgan fingerprint density at radius 1 is 1.39 bits per heavy atom. The second kappa shape index (κ2) is 7.71. The number of rotatable bonds is 7. The first-order valence-electron chi connectivity index (χ1n) is 6.23. The van der Waals surface area contributed by atoms with Crippen molar-refractivity contribution in [3.63, 3.8) is 0 Å². The minimum Gasteiger partial charge on any atom is -0.493 e. The molecule has 0 bridgehead atoms. The number of ether oxygens (including phenoxy) is 2. The number of esters is 1. The van der Waals surface area contributed by atoms with Crippen LogP contribution < -0.4 is 10.5 Å². The number of para-hydroxylation sites is 1. The van der Waals surface area contributed by atoms with E-state index in [2.05, 4.69) is 4.74 Å². The van der Waals surface area contributed by atoms with Gasteiger partial charge in [-0.05, 0) is 18.9 Å². The Hall–Kier alpha value is -1.55. The molecular formula is C14H21NO3. The van der Waals surface area contributed by atoms with Crippen LogP contribution in [0.2, 0.25) is 0 Å². The van der Waals surface area contributed by atoms with Crippen molar-refractivity contribution in [2.75, 3.05) is 13.7 Å². The lowest BCUT2D eigenvalue weighted by Crippen LogP contribution is -2.11. The number of methoxy groups -OCH3 is 1. The van der Waals surface area contributed by atoms with Gasteiger partial charge in [0.05, 0.1) is 13.7 Å². The summed E-state index contributed by atoms with van der Waals surface area (Å²) in [6.45, 7) is 2.53. The van der Waals surface area contributed by atoms with E-state index < -0.39 is 0 Å². The van der Waals surface area contributed by atoms with Crippen LogP contribution in [0.15, 0.2) is 24.3 Å². The Bertz CT molecular complexity index is 379. The van der Waals surface area contributed by atoms with Crippen molar-refractivity contribution in [3.05, 3.63) is 29.8 Å². The van der Waals surface area contributed by atoms with Gasteiger partial charge in [0.1, 0.15) is 5.75 Å². The van der Waals surface area contributed by atoms with E-state index in [0.717, 1.165) is 17.7 Å². The van der Waals surface area contributed by atoms with Gasteiger partial charge in [-0.25, -0.2) is 0 Å². The van der Waals surface area contributed by atoms with Crippen molar-refractivity contribution in [3.8, 4) is 5.75 Å². The molecule has 4 nitrogen and oxygen atoms in total. The zero-order valence-corrected chi connectivity index (χ0v) is 11.0. The summed E-state index contributed by atoms with van der Waals surface area (Å²) in [7, 11) is 1.39. The van der Waals surface area contributed by atoms with E-state index in [1.54, 1.807) is 0 Å². The fourth-order valence-corrected chi connectivity index (χ4v) is 1.64. The van der Waals surface area contributed by atoms with Gasteiger partial charge in [0.2, 0.25) is 0 Å². The highest BCUT2D eigenvalue weighted by Gasteiger charge is 2.09. The normalized spacial score (nSPS) is 11.9. The number of carbonyl (C=O) groups excluding carboxylic acids is 1. The van der Waals surface area contributed by atoms with Gasteiger partial charge in [-0.2, -0.15) is 0 Å². The largest absolute Gasteiger partial charge is 0.493 e. The minimum atomic E-state index is -0.211. The van der Waals surface area contributed by atoms with Gasteiger partial charge in [0.15, 0.2) is 0 Å². The van der Waals surface area contributed by atoms with Gasteiger partial charge in [0.25, 0.3) is 0 Å². The summed E-state index contributed by atoms with van der Waals surface area (Å²) < 4.78 is 10.2. The summed E-state index contributed by atoms with van der Waals surface area (Å²) in [5.41, 5.74) is 7.03. The number of carbonyl (C=O) groups is 1. The van der Waals surface area contributed by atoms with Crippen molar-refractivity contribution in [2.45, 2.75) is 32.2 Å². The lowest BCUT2D eigenvalue weighted by atomic mass is 10.0. The van der Waals surface area contributed by atoms with Crippen molar-refractivity contribution < 1.29 is 14.3 Å². The number of hydrogen-bond donors (Lipinski definition) is 1. The second-order valence-corrected chi connectivity index (χ2v) is 4.08. The van der Waals surface area contributed by atoms with Crippen molar-refractivity contribution in [1.29, 1.82) is 0 Å². The zero-order chi connectivity index (χ0) is 13.4. The third-order valence-electron chi connectivity index (χ3n) is 2.77. The van der Waals surface area contributed by atoms with Crippen LogP contribution in [0, 0.1) is 0 Å². The molecule has 0 fully saturated rings. The first-order chi connectivity index (χ1) is 8.69. The van der Waals surface area contributed by atoms with Gasteiger partial charge in [0, 0.05) is 18.0 Å². The summed E-state index contributed by atoms with van der Waals surface area (Å²) in [6, 6.07) is 7.74. The van der Waals surface area contributed by atoms with Crippen LogP contribution >= 0.6 is 0 Å². The van der Waals surface area contributed by atoms with Crippen molar-refractivity contribution in [1.82, 2.24) is 0 Å². The summed E-state index contributed by atoms with van der Waals surface area (Å²) in [4.78, 5) is 10.9. The smallest absolute Gasteiger partial charge is 0.305 e. The Morgan fingerprint density at radius 3 is 2.78 bits per heavy atom. The maximum Gasteiger partial charge on any atom is 0.305 e. The molecule has 0 aliphatic rings. The maximum absolute atomic E-state index is 10.9. The number of benzene rings is 1. The standard InChI is InChI=1S/C14H21NO3/c1-3-12(15)11-7-4-5-8-13(11)18-10-6-9-14(16)17-2/h4-5,7-8,12H,3,6,9-10,15H2,1-2H3. The molecule has 1 unspecified atom stereocenters. The third-order valence-corrected chi connectivity index (χ3v) is 2.77. The number of nitrogens with two attached hydrogens (primary N) is 1. The first kappa shape index (κ1) is 14.5. The topological polar surface area (TPSA) is 61.5 Å². The third kappa shape index (κ3) is 4.37. The minimum absolute atomic E-state index is 0.0122. The highest BCUT2D eigenvalue weighted by molar-refractivity contribution is 5.69.